The minimum atomic E-state index is -0.299. The van der Waals surface area contributed by atoms with Crippen LogP contribution in [0.1, 0.15) is 24.2 Å². The van der Waals surface area contributed by atoms with Crippen LogP contribution >= 0.6 is 0 Å². The molecule has 1 rings (SSSR count). The number of amides is 1. The molecule has 0 fully saturated rings. The van der Waals surface area contributed by atoms with E-state index in [1.54, 1.807) is 0 Å². The van der Waals surface area contributed by atoms with Crippen molar-refractivity contribution in [2.45, 2.75) is 19.9 Å². The van der Waals surface area contributed by atoms with Crippen molar-refractivity contribution in [1.82, 2.24) is 10.2 Å². The first-order valence-corrected chi connectivity index (χ1v) is 6.28. The fourth-order valence-corrected chi connectivity index (χ4v) is 1.79. The summed E-state index contributed by atoms with van der Waals surface area (Å²) in [4.78, 5) is 14.1. The first-order valence-electron chi connectivity index (χ1n) is 6.28. The van der Waals surface area contributed by atoms with Crippen LogP contribution in [0.5, 0.6) is 11.5 Å². The molecule has 0 aliphatic rings. The molecule has 19 heavy (non-hydrogen) atoms. The molecule has 5 heteroatoms. The largest absolute Gasteiger partial charge is 0.508 e. The summed E-state index contributed by atoms with van der Waals surface area (Å²) < 4.78 is 0. The number of hydrogen-bond acceptors (Lipinski definition) is 4. The summed E-state index contributed by atoms with van der Waals surface area (Å²) in [5.41, 5.74) is 0.252. The Balaban J connectivity index is 2.81. The topological polar surface area (TPSA) is 72.8 Å². The molecule has 0 spiro atoms. The van der Waals surface area contributed by atoms with Crippen LogP contribution in [0.3, 0.4) is 0 Å². The average molecular weight is 266 g/mol. The Hall–Kier alpha value is -1.75. The monoisotopic (exact) mass is 266 g/mol. The van der Waals surface area contributed by atoms with Crippen molar-refractivity contribution in [2.75, 3.05) is 20.6 Å². The van der Waals surface area contributed by atoms with Crippen molar-refractivity contribution < 1.29 is 15.0 Å². The van der Waals surface area contributed by atoms with Gasteiger partial charge in [0.25, 0.3) is 5.91 Å². The highest BCUT2D eigenvalue weighted by Crippen LogP contribution is 2.20. The number of rotatable bonds is 5. The quantitative estimate of drug-likeness (QED) is 0.753. The molecule has 0 heterocycles. The molecule has 0 saturated carbocycles. The number of carbonyl (C=O) groups excluding carboxylic acids is 1. The first kappa shape index (κ1) is 15.3. The summed E-state index contributed by atoms with van der Waals surface area (Å²) in [7, 11) is 3.89. The molecule has 1 unspecified atom stereocenters. The molecule has 0 aliphatic carbocycles. The molecule has 1 atom stereocenters. The smallest absolute Gasteiger partial charge is 0.251 e. The number of nitrogens with one attached hydrogen (secondary N) is 1. The van der Waals surface area contributed by atoms with Gasteiger partial charge in [0.2, 0.25) is 0 Å². The van der Waals surface area contributed by atoms with E-state index in [0.29, 0.717) is 0 Å². The zero-order valence-electron chi connectivity index (χ0n) is 11.8. The minimum absolute atomic E-state index is 0.00647. The van der Waals surface area contributed by atoms with Crippen LogP contribution in [0.15, 0.2) is 18.2 Å². The summed E-state index contributed by atoms with van der Waals surface area (Å²) in [6.07, 6.45) is 0. The van der Waals surface area contributed by atoms with Gasteiger partial charge in [0.1, 0.15) is 11.5 Å². The number of phenols is 2. The summed E-state index contributed by atoms with van der Waals surface area (Å²) in [5.74, 6) is -0.262. The van der Waals surface area contributed by atoms with Gasteiger partial charge < -0.3 is 20.4 Å². The Labute approximate surface area is 113 Å². The second kappa shape index (κ2) is 6.43. The lowest BCUT2D eigenvalue weighted by atomic mass is 10.0. The second-order valence-electron chi connectivity index (χ2n) is 5.32. The van der Waals surface area contributed by atoms with Gasteiger partial charge in [-0.05, 0) is 32.1 Å². The number of hydrogen-bond donors (Lipinski definition) is 3. The highest BCUT2D eigenvalue weighted by Gasteiger charge is 2.18. The molecule has 0 aliphatic heterocycles. The third-order valence-electron chi connectivity index (χ3n) is 2.85. The third-order valence-corrected chi connectivity index (χ3v) is 2.85. The van der Waals surface area contributed by atoms with E-state index >= 15 is 0 Å². The van der Waals surface area contributed by atoms with Gasteiger partial charge in [-0.1, -0.05) is 13.8 Å². The van der Waals surface area contributed by atoms with Gasteiger partial charge in [-0.25, -0.2) is 0 Å². The molecule has 1 aromatic carbocycles. The van der Waals surface area contributed by atoms with Crippen LogP contribution in [0, 0.1) is 5.92 Å². The molecule has 0 bridgehead atoms. The van der Waals surface area contributed by atoms with Crippen LogP contribution in [-0.2, 0) is 0 Å². The Bertz CT molecular complexity index is 424. The number of phenolic OH excluding ortho intramolecular Hbond substituents is 2. The molecule has 5 nitrogen and oxygen atoms in total. The van der Waals surface area contributed by atoms with Crippen LogP contribution in [0.2, 0.25) is 0 Å². The van der Waals surface area contributed by atoms with Crippen molar-refractivity contribution in [3.8, 4) is 11.5 Å². The summed E-state index contributed by atoms with van der Waals surface area (Å²) >= 11 is 0. The first-order chi connectivity index (χ1) is 8.79. The normalized spacial score (nSPS) is 12.7. The van der Waals surface area contributed by atoms with Crippen LogP contribution in [-0.4, -0.2) is 47.7 Å². The van der Waals surface area contributed by atoms with E-state index < -0.39 is 0 Å². The number of aromatic hydroxyl groups is 2. The zero-order chi connectivity index (χ0) is 14.6. The van der Waals surface area contributed by atoms with E-state index in [2.05, 4.69) is 5.32 Å². The van der Waals surface area contributed by atoms with Crippen molar-refractivity contribution in [3.05, 3.63) is 23.8 Å². The molecule has 0 aromatic heterocycles. The molecule has 1 aromatic rings. The minimum Gasteiger partial charge on any atom is -0.508 e. The van der Waals surface area contributed by atoms with Crippen molar-refractivity contribution in [1.29, 1.82) is 0 Å². The van der Waals surface area contributed by atoms with Crippen LogP contribution in [0.25, 0.3) is 0 Å². The summed E-state index contributed by atoms with van der Waals surface area (Å²) in [5, 5.41) is 21.7. The number of carbonyl (C=O) groups is 1. The number of benzene rings is 1. The van der Waals surface area contributed by atoms with Crippen molar-refractivity contribution >= 4 is 5.91 Å². The third kappa shape index (κ3) is 4.79. The maximum atomic E-state index is 12.1. The molecule has 106 valence electrons. The SMILES string of the molecule is CC(C)C(CN(C)C)NC(=O)c1cc(O)cc(O)c1. The van der Waals surface area contributed by atoms with Crippen molar-refractivity contribution in [3.63, 3.8) is 0 Å². The molecular weight excluding hydrogens is 244 g/mol. The Morgan fingerprint density at radius 2 is 1.74 bits per heavy atom. The van der Waals surface area contributed by atoms with E-state index in [0.717, 1.165) is 6.54 Å². The van der Waals surface area contributed by atoms with E-state index in [1.807, 2.05) is 32.8 Å². The lowest BCUT2D eigenvalue weighted by Gasteiger charge is -2.25. The Morgan fingerprint density at radius 1 is 1.21 bits per heavy atom. The summed E-state index contributed by atoms with van der Waals surface area (Å²) in [6.45, 7) is 4.80. The molecule has 3 N–H and O–H groups in total. The summed E-state index contributed by atoms with van der Waals surface area (Å²) in [6, 6.07) is 3.87. The van der Waals surface area contributed by atoms with E-state index in [4.69, 9.17) is 0 Å². The predicted molar refractivity (Wildman–Crippen MR) is 74.4 cm³/mol. The lowest BCUT2D eigenvalue weighted by Crippen LogP contribution is -2.44. The zero-order valence-corrected chi connectivity index (χ0v) is 11.8. The van der Waals surface area contributed by atoms with E-state index in [9.17, 15) is 15.0 Å². The molecular formula is C14H22N2O3. The maximum Gasteiger partial charge on any atom is 0.251 e. The highest BCUT2D eigenvalue weighted by atomic mass is 16.3. The van der Waals surface area contributed by atoms with Gasteiger partial charge >= 0.3 is 0 Å². The average Bonchev–Trinajstić information content (AvgIpc) is 2.25. The fourth-order valence-electron chi connectivity index (χ4n) is 1.79. The van der Waals surface area contributed by atoms with Gasteiger partial charge in [0.15, 0.2) is 0 Å². The number of nitrogens with zero attached hydrogens (tertiary/aromatic N) is 1. The van der Waals surface area contributed by atoms with Crippen LogP contribution < -0.4 is 5.32 Å². The fraction of sp³-hybridized carbons (Fsp3) is 0.500. The maximum absolute atomic E-state index is 12.1. The lowest BCUT2D eigenvalue weighted by molar-refractivity contribution is 0.0916. The molecule has 0 radical (unpaired) electrons. The molecule has 1 amide bonds. The van der Waals surface area contributed by atoms with Gasteiger partial charge in [-0.3, -0.25) is 4.79 Å². The van der Waals surface area contributed by atoms with E-state index in [1.165, 1.54) is 18.2 Å². The Kier molecular flexibility index (Phi) is 5.18. The van der Waals surface area contributed by atoms with Crippen LogP contribution in [0.4, 0.5) is 0 Å². The van der Waals surface area contributed by atoms with Gasteiger partial charge in [-0.2, -0.15) is 0 Å². The standard InChI is InChI=1S/C14H22N2O3/c1-9(2)13(8-16(3)4)15-14(19)10-5-11(17)7-12(18)6-10/h5-7,9,13,17-18H,8H2,1-4H3,(H,15,19). The van der Waals surface area contributed by atoms with Gasteiger partial charge in [0, 0.05) is 24.2 Å². The van der Waals surface area contributed by atoms with Gasteiger partial charge in [-0.15, -0.1) is 0 Å². The van der Waals surface area contributed by atoms with E-state index in [-0.39, 0.29) is 34.9 Å². The predicted octanol–water partition coefficient (Wildman–Crippen LogP) is 1.41. The molecule has 0 saturated heterocycles. The highest BCUT2D eigenvalue weighted by molar-refractivity contribution is 5.95. The van der Waals surface area contributed by atoms with Crippen molar-refractivity contribution in [2.24, 2.45) is 5.92 Å². The van der Waals surface area contributed by atoms with Gasteiger partial charge in [0.05, 0.1) is 0 Å². The number of likely N-dealkylation sites (N-methyl/N-ethyl adjacent to an activating group) is 1. The Morgan fingerprint density at radius 3 is 2.16 bits per heavy atom. The second-order valence-corrected chi connectivity index (χ2v) is 5.32.